The second kappa shape index (κ2) is 9.55. The van der Waals surface area contributed by atoms with Gasteiger partial charge in [-0.15, -0.1) is 0 Å². The minimum atomic E-state index is -0.368. The van der Waals surface area contributed by atoms with Crippen molar-refractivity contribution in [2.75, 3.05) is 13.6 Å². The van der Waals surface area contributed by atoms with E-state index < -0.39 is 0 Å². The first-order chi connectivity index (χ1) is 13.7. The topological polar surface area (TPSA) is 63.5 Å². The van der Waals surface area contributed by atoms with Crippen molar-refractivity contribution in [3.63, 3.8) is 0 Å². The maximum atomic E-state index is 13.7. The highest BCUT2D eigenvalue weighted by atomic mass is 19.1. The zero-order valence-corrected chi connectivity index (χ0v) is 16.0. The summed E-state index contributed by atoms with van der Waals surface area (Å²) in [4.78, 5) is 4.20. The number of rotatable bonds is 7. The minimum absolute atomic E-state index is 0.226. The highest BCUT2D eigenvalue weighted by Gasteiger charge is 2.09. The van der Waals surface area contributed by atoms with Gasteiger partial charge in [-0.1, -0.05) is 30.3 Å². The zero-order valence-electron chi connectivity index (χ0n) is 16.0. The number of nitrogens with zero attached hydrogens (tertiary/aromatic N) is 3. The Morgan fingerprint density at radius 2 is 1.89 bits per heavy atom. The SMILES string of the molecule is CN=C(NCc1cnn(-c2ccccc2)c1)NCC(C)Oc1ccccc1F. The van der Waals surface area contributed by atoms with Crippen LogP contribution in [0.15, 0.2) is 72.0 Å². The van der Waals surface area contributed by atoms with Crippen LogP contribution in [0.5, 0.6) is 5.75 Å². The second-order valence-corrected chi connectivity index (χ2v) is 6.29. The molecule has 0 saturated heterocycles. The lowest BCUT2D eigenvalue weighted by atomic mass is 10.3. The number of hydrogen-bond acceptors (Lipinski definition) is 3. The number of hydrogen-bond donors (Lipinski definition) is 2. The van der Waals surface area contributed by atoms with Crippen LogP contribution in [-0.4, -0.2) is 35.4 Å². The van der Waals surface area contributed by atoms with Gasteiger partial charge in [0, 0.05) is 25.4 Å². The molecule has 0 saturated carbocycles. The largest absolute Gasteiger partial charge is 0.486 e. The van der Waals surface area contributed by atoms with Gasteiger partial charge in [0.25, 0.3) is 0 Å². The van der Waals surface area contributed by atoms with Crippen molar-refractivity contribution in [2.24, 2.45) is 4.99 Å². The quantitative estimate of drug-likeness (QED) is 0.488. The van der Waals surface area contributed by atoms with E-state index >= 15 is 0 Å². The lowest BCUT2D eigenvalue weighted by molar-refractivity contribution is 0.214. The Balaban J connectivity index is 1.47. The fourth-order valence-electron chi connectivity index (χ4n) is 2.62. The Bertz CT molecular complexity index is 910. The Morgan fingerprint density at radius 3 is 2.64 bits per heavy atom. The predicted octanol–water partition coefficient (Wildman–Crippen LogP) is 3.14. The van der Waals surface area contributed by atoms with E-state index in [-0.39, 0.29) is 17.7 Å². The van der Waals surface area contributed by atoms with Crippen LogP contribution < -0.4 is 15.4 Å². The Labute approximate surface area is 164 Å². The highest BCUT2D eigenvalue weighted by molar-refractivity contribution is 5.79. The molecule has 0 bridgehead atoms. The van der Waals surface area contributed by atoms with Crippen LogP contribution in [0.25, 0.3) is 5.69 Å². The van der Waals surface area contributed by atoms with Gasteiger partial charge in [0.1, 0.15) is 6.10 Å². The molecule has 7 heteroatoms. The molecule has 0 spiro atoms. The molecule has 0 aliphatic rings. The fourth-order valence-corrected chi connectivity index (χ4v) is 2.62. The van der Waals surface area contributed by atoms with Crippen molar-refractivity contribution in [3.05, 3.63) is 78.4 Å². The van der Waals surface area contributed by atoms with E-state index in [2.05, 4.69) is 20.7 Å². The molecule has 0 radical (unpaired) electrons. The average Bonchev–Trinajstić information content (AvgIpc) is 3.20. The van der Waals surface area contributed by atoms with Crippen LogP contribution in [0.2, 0.25) is 0 Å². The number of ether oxygens (including phenoxy) is 1. The van der Waals surface area contributed by atoms with E-state index in [9.17, 15) is 4.39 Å². The second-order valence-electron chi connectivity index (χ2n) is 6.29. The van der Waals surface area contributed by atoms with Gasteiger partial charge in [-0.25, -0.2) is 9.07 Å². The van der Waals surface area contributed by atoms with Crippen molar-refractivity contribution in [2.45, 2.75) is 19.6 Å². The number of guanidine groups is 1. The van der Waals surface area contributed by atoms with E-state index in [1.165, 1.54) is 6.07 Å². The summed E-state index contributed by atoms with van der Waals surface area (Å²) in [6.45, 7) is 2.93. The molecule has 6 nitrogen and oxygen atoms in total. The molecule has 2 aromatic carbocycles. The number of nitrogens with one attached hydrogen (secondary N) is 2. The first-order valence-corrected chi connectivity index (χ1v) is 9.10. The molecule has 1 unspecified atom stereocenters. The normalized spacial score (nSPS) is 12.5. The van der Waals surface area contributed by atoms with Crippen LogP contribution in [-0.2, 0) is 6.54 Å². The molecule has 1 heterocycles. The molecular formula is C21H24FN5O. The fraction of sp³-hybridized carbons (Fsp3) is 0.238. The van der Waals surface area contributed by atoms with Crippen molar-refractivity contribution in [1.82, 2.24) is 20.4 Å². The van der Waals surface area contributed by atoms with E-state index in [1.807, 2.05) is 54.3 Å². The summed E-state index contributed by atoms with van der Waals surface area (Å²) in [5.74, 6) is 0.511. The smallest absolute Gasteiger partial charge is 0.191 e. The molecule has 0 aliphatic carbocycles. The molecule has 1 atom stereocenters. The van der Waals surface area contributed by atoms with Gasteiger partial charge in [0.15, 0.2) is 17.5 Å². The van der Waals surface area contributed by atoms with E-state index in [0.29, 0.717) is 19.0 Å². The summed E-state index contributed by atoms with van der Waals surface area (Å²) in [6.07, 6.45) is 3.56. The van der Waals surface area contributed by atoms with Gasteiger partial charge in [-0.3, -0.25) is 4.99 Å². The third-order valence-electron chi connectivity index (χ3n) is 4.06. The van der Waals surface area contributed by atoms with Crippen LogP contribution in [0, 0.1) is 5.82 Å². The molecule has 0 aliphatic heterocycles. The molecule has 28 heavy (non-hydrogen) atoms. The number of aromatic nitrogens is 2. The number of halogens is 1. The molecular weight excluding hydrogens is 357 g/mol. The molecule has 3 rings (SSSR count). The Kier molecular flexibility index (Phi) is 6.62. The third kappa shape index (κ3) is 5.33. The predicted molar refractivity (Wildman–Crippen MR) is 108 cm³/mol. The lowest BCUT2D eigenvalue weighted by Crippen LogP contribution is -2.41. The van der Waals surface area contributed by atoms with E-state index in [0.717, 1.165) is 11.3 Å². The van der Waals surface area contributed by atoms with Gasteiger partial charge in [-0.05, 0) is 31.2 Å². The molecule has 0 fully saturated rings. The van der Waals surface area contributed by atoms with Crippen molar-refractivity contribution in [3.8, 4) is 11.4 Å². The van der Waals surface area contributed by atoms with Crippen molar-refractivity contribution < 1.29 is 9.13 Å². The summed E-state index contributed by atoms with van der Waals surface area (Å²) >= 11 is 0. The number of aliphatic imine (C=N–C) groups is 1. The average molecular weight is 381 g/mol. The van der Waals surface area contributed by atoms with Gasteiger partial charge < -0.3 is 15.4 Å². The van der Waals surface area contributed by atoms with E-state index in [1.54, 1.807) is 25.2 Å². The molecule has 0 amide bonds. The van der Waals surface area contributed by atoms with Gasteiger partial charge >= 0.3 is 0 Å². The van der Waals surface area contributed by atoms with Crippen LogP contribution in [0.1, 0.15) is 12.5 Å². The zero-order chi connectivity index (χ0) is 19.8. The highest BCUT2D eigenvalue weighted by Crippen LogP contribution is 2.16. The van der Waals surface area contributed by atoms with Gasteiger partial charge in [0.2, 0.25) is 0 Å². The van der Waals surface area contributed by atoms with Crippen LogP contribution >= 0.6 is 0 Å². The number of benzene rings is 2. The van der Waals surface area contributed by atoms with Crippen molar-refractivity contribution >= 4 is 5.96 Å². The summed E-state index contributed by atoms with van der Waals surface area (Å²) in [6, 6.07) is 16.3. The molecule has 1 aromatic heterocycles. The summed E-state index contributed by atoms with van der Waals surface area (Å²) in [7, 11) is 1.70. The first kappa shape index (κ1) is 19.4. The summed E-state index contributed by atoms with van der Waals surface area (Å²) < 4.78 is 21.1. The maximum absolute atomic E-state index is 13.7. The lowest BCUT2D eigenvalue weighted by Gasteiger charge is -2.17. The Morgan fingerprint density at radius 1 is 1.14 bits per heavy atom. The monoisotopic (exact) mass is 381 g/mol. The van der Waals surface area contributed by atoms with E-state index in [4.69, 9.17) is 4.74 Å². The van der Waals surface area contributed by atoms with Gasteiger partial charge in [-0.2, -0.15) is 5.10 Å². The summed E-state index contributed by atoms with van der Waals surface area (Å²) in [5, 5.41) is 10.8. The van der Waals surface area contributed by atoms with Crippen LogP contribution in [0.3, 0.4) is 0 Å². The molecule has 146 valence electrons. The number of para-hydroxylation sites is 2. The Hall–Kier alpha value is -3.35. The van der Waals surface area contributed by atoms with Crippen molar-refractivity contribution in [1.29, 1.82) is 0 Å². The molecule has 3 aromatic rings. The third-order valence-corrected chi connectivity index (χ3v) is 4.06. The first-order valence-electron chi connectivity index (χ1n) is 9.10. The van der Waals surface area contributed by atoms with Crippen LogP contribution in [0.4, 0.5) is 4.39 Å². The summed E-state index contributed by atoms with van der Waals surface area (Å²) in [5.41, 5.74) is 2.04. The van der Waals surface area contributed by atoms with Gasteiger partial charge in [0.05, 0.1) is 18.4 Å². The molecule has 2 N–H and O–H groups in total. The minimum Gasteiger partial charge on any atom is -0.486 e. The standard InChI is InChI=1S/C21H24FN5O/c1-16(28-20-11-7-6-10-19(20)22)12-24-21(23-2)25-13-17-14-26-27(15-17)18-8-4-3-5-9-18/h3-11,14-16H,12-13H2,1-2H3,(H2,23,24,25). The maximum Gasteiger partial charge on any atom is 0.191 e.